The van der Waals surface area contributed by atoms with Crippen LogP contribution in [0, 0.1) is 8.99 Å². The smallest absolute Gasteiger partial charge is 0.191 e. The summed E-state index contributed by atoms with van der Waals surface area (Å²) in [6.45, 7) is 7.37. The van der Waals surface area contributed by atoms with E-state index in [0.717, 1.165) is 12.3 Å². The van der Waals surface area contributed by atoms with Crippen molar-refractivity contribution in [2.24, 2.45) is 10.4 Å². The van der Waals surface area contributed by atoms with E-state index in [4.69, 9.17) is 9.73 Å². The van der Waals surface area contributed by atoms with Crippen molar-refractivity contribution in [1.82, 2.24) is 0 Å². The topological polar surface area (TPSA) is 21.6 Å². The van der Waals surface area contributed by atoms with E-state index < -0.39 is 0 Å². The summed E-state index contributed by atoms with van der Waals surface area (Å²) in [4.78, 5) is 4.96. The van der Waals surface area contributed by atoms with Gasteiger partial charge in [-0.05, 0) is 51.6 Å². The molecule has 1 unspecified atom stereocenters. The van der Waals surface area contributed by atoms with Crippen LogP contribution in [0.5, 0.6) is 0 Å². The highest BCUT2D eigenvalue weighted by molar-refractivity contribution is 14.1. The van der Waals surface area contributed by atoms with Gasteiger partial charge in [0.05, 0.1) is 12.0 Å². The van der Waals surface area contributed by atoms with Gasteiger partial charge in [0.15, 0.2) is 5.90 Å². The molecule has 0 saturated carbocycles. The minimum absolute atomic E-state index is 0.128. The molecule has 2 atom stereocenters. The van der Waals surface area contributed by atoms with Crippen molar-refractivity contribution >= 4 is 28.5 Å². The zero-order valence-electron chi connectivity index (χ0n) is 14.5. The van der Waals surface area contributed by atoms with Crippen LogP contribution in [0.4, 0.5) is 0 Å². The van der Waals surface area contributed by atoms with Gasteiger partial charge in [0, 0.05) is 3.57 Å². The zero-order valence-corrected chi connectivity index (χ0v) is 16.7. The van der Waals surface area contributed by atoms with Gasteiger partial charge in [-0.15, -0.1) is 0 Å². The molecule has 0 amide bonds. The van der Waals surface area contributed by atoms with E-state index in [-0.39, 0.29) is 17.4 Å². The second-order valence-corrected chi connectivity index (χ2v) is 8.59. The van der Waals surface area contributed by atoms with Gasteiger partial charge in [-0.3, -0.25) is 0 Å². The van der Waals surface area contributed by atoms with Gasteiger partial charge in [0.2, 0.25) is 0 Å². The zero-order chi connectivity index (χ0) is 17.2. The first-order chi connectivity index (χ1) is 11.4. The molecule has 1 aliphatic rings. The Hall–Kier alpha value is -1.36. The third kappa shape index (κ3) is 4.00. The first kappa shape index (κ1) is 17.5. The Morgan fingerprint density at radius 1 is 1.08 bits per heavy atom. The quantitative estimate of drug-likeness (QED) is 0.587. The molecule has 1 heterocycles. The molecular formula is C21H24INO. The van der Waals surface area contributed by atoms with Crippen LogP contribution >= 0.6 is 22.6 Å². The molecule has 0 N–H and O–H groups in total. The number of hydrogen-bond donors (Lipinski definition) is 0. The molecule has 0 fully saturated rings. The molecule has 2 aromatic carbocycles. The predicted octanol–water partition coefficient (Wildman–Crippen LogP) is 5.46. The van der Waals surface area contributed by atoms with Gasteiger partial charge in [-0.2, -0.15) is 0 Å². The Bertz CT molecular complexity index is 718. The largest absolute Gasteiger partial charge is 0.478 e. The van der Waals surface area contributed by atoms with Gasteiger partial charge in [0.25, 0.3) is 0 Å². The van der Waals surface area contributed by atoms with Crippen molar-refractivity contribution in [2.75, 3.05) is 6.61 Å². The van der Waals surface area contributed by atoms with Gasteiger partial charge in [-0.25, -0.2) is 4.99 Å². The van der Waals surface area contributed by atoms with Crippen molar-refractivity contribution in [2.45, 2.75) is 39.2 Å². The number of halogens is 1. The fraction of sp³-hybridized carbons (Fsp3) is 0.381. The summed E-state index contributed by atoms with van der Waals surface area (Å²) < 4.78 is 7.35. The summed E-state index contributed by atoms with van der Waals surface area (Å²) in [7, 11) is 0. The Morgan fingerprint density at radius 3 is 2.38 bits per heavy atom. The van der Waals surface area contributed by atoms with Crippen LogP contribution in [0.3, 0.4) is 0 Å². The highest BCUT2D eigenvalue weighted by atomic mass is 127. The van der Waals surface area contributed by atoms with E-state index >= 15 is 0 Å². The molecule has 1 aliphatic heterocycles. The lowest BCUT2D eigenvalue weighted by Gasteiger charge is -2.22. The molecule has 3 heteroatoms. The third-order valence-electron chi connectivity index (χ3n) is 4.53. The molecule has 2 nitrogen and oxygen atoms in total. The second kappa shape index (κ2) is 7.26. The number of nitrogens with zero attached hydrogens (tertiary/aromatic N) is 1. The van der Waals surface area contributed by atoms with Crippen molar-refractivity contribution in [3.05, 3.63) is 69.3 Å². The van der Waals surface area contributed by atoms with E-state index in [1.807, 2.05) is 0 Å². The minimum atomic E-state index is 0.128. The number of rotatable bonds is 4. The molecule has 3 rings (SSSR count). The maximum atomic E-state index is 6.08. The van der Waals surface area contributed by atoms with Crippen LogP contribution in [0.25, 0.3) is 0 Å². The summed E-state index contributed by atoms with van der Waals surface area (Å²) in [5.41, 5.74) is 2.74. The van der Waals surface area contributed by atoms with Crippen LogP contribution in [-0.4, -0.2) is 18.5 Å². The van der Waals surface area contributed by atoms with Gasteiger partial charge in [0.1, 0.15) is 6.61 Å². The van der Waals surface area contributed by atoms with Gasteiger partial charge >= 0.3 is 0 Å². The molecule has 126 valence electrons. The van der Waals surface area contributed by atoms with Crippen LogP contribution in [0.2, 0.25) is 0 Å². The minimum Gasteiger partial charge on any atom is -0.478 e. The molecule has 0 radical (unpaired) electrons. The Balaban J connectivity index is 1.96. The molecule has 0 aliphatic carbocycles. The van der Waals surface area contributed by atoms with E-state index in [0.29, 0.717) is 6.61 Å². The van der Waals surface area contributed by atoms with Crippen molar-refractivity contribution in [3.63, 3.8) is 0 Å². The van der Waals surface area contributed by atoms with Gasteiger partial charge < -0.3 is 4.74 Å². The van der Waals surface area contributed by atoms with E-state index in [9.17, 15) is 0 Å². The van der Waals surface area contributed by atoms with Crippen LogP contribution in [0.15, 0.2) is 59.6 Å². The van der Waals surface area contributed by atoms with Crippen molar-refractivity contribution < 1.29 is 4.74 Å². The lowest BCUT2D eigenvalue weighted by atomic mass is 9.88. The average Bonchev–Trinajstić information content (AvgIpc) is 3.04. The first-order valence-electron chi connectivity index (χ1n) is 8.44. The van der Waals surface area contributed by atoms with Crippen molar-refractivity contribution in [3.8, 4) is 0 Å². The summed E-state index contributed by atoms with van der Waals surface area (Å²) in [5.74, 6) is 1.07. The fourth-order valence-electron chi connectivity index (χ4n) is 2.96. The normalized spacial score (nSPS) is 18.8. The molecule has 0 saturated heterocycles. The summed E-state index contributed by atoms with van der Waals surface area (Å²) in [5, 5.41) is 0. The highest BCUT2D eigenvalue weighted by Gasteiger charge is 2.34. The molecule has 2 aromatic rings. The maximum absolute atomic E-state index is 6.08. The van der Waals surface area contributed by atoms with Crippen molar-refractivity contribution in [1.29, 1.82) is 0 Å². The number of ether oxygens (including phenoxy) is 1. The van der Waals surface area contributed by atoms with E-state index in [2.05, 4.69) is 98.0 Å². The summed E-state index contributed by atoms with van der Waals surface area (Å²) in [6, 6.07) is 19.4. The average molecular weight is 433 g/mol. The fourth-order valence-corrected chi connectivity index (χ4v) is 3.73. The Kier molecular flexibility index (Phi) is 5.28. The number of benzene rings is 2. The van der Waals surface area contributed by atoms with Crippen LogP contribution in [0.1, 0.15) is 37.8 Å². The predicted molar refractivity (Wildman–Crippen MR) is 109 cm³/mol. The second-order valence-electron chi connectivity index (χ2n) is 7.42. The first-order valence-corrected chi connectivity index (χ1v) is 9.52. The Labute approximate surface area is 158 Å². The molecule has 0 bridgehead atoms. The van der Waals surface area contributed by atoms with E-state index in [1.54, 1.807) is 0 Å². The summed E-state index contributed by atoms with van der Waals surface area (Å²) >= 11 is 2.42. The number of hydrogen-bond acceptors (Lipinski definition) is 2. The third-order valence-corrected chi connectivity index (χ3v) is 5.52. The molecule has 0 spiro atoms. The Morgan fingerprint density at radius 2 is 1.75 bits per heavy atom. The van der Waals surface area contributed by atoms with Crippen LogP contribution in [-0.2, 0) is 11.2 Å². The number of aliphatic imine (C=N–C) groups is 1. The van der Waals surface area contributed by atoms with E-state index in [1.165, 1.54) is 14.7 Å². The van der Waals surface area contributed by atoms with Crippen LogP contribution < -0.4 is 0 Å². The lowest BCUT2D eigenvalue weighted by Crippen LogP contribution is -2.25. The summed E-state index contributed by atoms with van der Waals surface area (Å²) in [6.07, 6.45) is 0.913. The SMILES string of the molecule is CC(C)(C)[C@@H]1COC(C(Cc2ccccc2)c2ccccc2I)=N1. The maximum Gasteiger partial charge on any atom is 0.191 e. The van der Waals surface area contributed by atoms with Gasteiger partial charge in [-0.1, -0.05) is 69.3 Å². The highest BCUT2D eigenvalue weighted by Crippen LogP contribution is 2.33. The molecule has 24 heavy (non-hydrogen) atoms. The standard InChI is InChI=1S/C21H24INO/c1-21(2,3)19-14-24-20(23-19)17(13-15-9-5-4-6-10-15)16-11-7-8-12-18(16)22/h4-12,17,19H,13-14H2,1-3H3/t17?,19-/m0/s1. The molecular weight excluding hydrogens is 409 g/mol. The monoisotopic (exact) mass is 433 g/mol. The lowest BCUT2D eigenvalue weighted by molar-refractivity contribution is 0.231. The molecule has 0 aromatic heterocycles.